The summed E-state index contributed by atoms with van der Waals surface area (Å²) in [4.78, 5) is 0.929. The van der Waals surface area contributed by atoms with Crippen molar-refractivity contribution >= 4 is 31.2 Å². The fourth-order valence-corrected chi connectivity index (χ4v) is 4.87. The number of nitrogens with zero attached hydrogens (tertiary/aromatic N) is 1. The second kappa shape index (κ2) is 7.19. The Balaban J connectivity index is 2.78. The molecule has 0 fully saturated rings. The van der Waals surface area contributed by atoms with E-state index in [-0.39, 0.29) is 16.5 Å². The lowest BCUT2D eigenvalue weighted by Gasteiger charge is -2.15. The average molecular weight is 355 g/mol. The maximum absolute atomic E-state index is 12.3. The summed E-state index contributed by atoms with van der Waals surface area (Å²) in [7, 11) is -5.41. The van der Waals surface area contributed by atoms with Gasteiger partial charge in [0.05, 0.1) is 5.75 Å². The largest absolute Gasteiger partial charge is 0.310 e. The SMILES string of the molecule is CC(C)NCc1ccc(S(=O)(=O)N(C)CCS(C)(=O)=O)s1. The van der Waals surface area contributed by atoms with Crippen LogP contribution in [0.5, 0.6) is 0 Å². The Morgan fingerprint density at radius 3 is 2.38 bits per heavy atom. The lowest BCUT2D eigenvalue weighted by Crippen LogP contribution is -2.31. The third-order valence-corrected chi connectivity index (χ3v) is 7.10. The maximum Gasteiger partial charge on any atom is 0.252 e. The van der Waals surface area contributed by atoms with E-state index in [1.807, 2.05) is 13.8 Å². The van der Waals surface area contributed by atoms with Crippen molar-refractivity contribution in [1.29, 1.82) is 0 Å². The molecule has 1 aromatic heterocycles. The minimum Gasteiger partial charge on any atom is -0.310 e. The Bertz CT molecular complexity index is 662. The molecule has 0 aliphatic heterocycles. The normalized spacial score (nSPS) is 13.2. The molecule has 0 atom stereocenters. The summed E-state index contributed by atoms with van der Waals surface area (Å²) in [6, 6.07) is 3.66. The molecule has 0 aliphatic rings. The van der Waals surface area contributed by atoms with Gasteiger partial charge in [0.2, 0.25) is 0 Å². The van der Waals surface area contributed by atoms with Crippen molar-refractivity contribution in [2.75, 3.05) is 25.6 Å². The van der Waals surface area contributed by atoms with E-state index in [2.05, 4.69) is 5.32 Å². The van der Waals surface area contributed by atoms with Crippen molar-refractivity contribution in [2.24, 2.45) is 0 Å². The van der Waals surface area contributed by atoms with Gasteiger partial charge in [0.15, 0.2) is 0 Å². The van der Waals surface area contributed by atoms with E-state index in [9.17, 15) is 16.8 Å². The van der Waals surface area contributed by atoms with Crippen LogP contribution in [0.4, 0.5) is 0 Å². The Kier molecular flexibility index (Phi) is 6.36. The standard InChI is InChI=1S/C12H22N2O4S3/c1-10(2)13-9-11-5-6-12(19-11)21(17,18)14(3)7-8-20(4,15)16/h5-6,10,13H,7-9H2,1-4H3. The summed E-state index contributed by atoms with van der Waals surface area (Å²) in [6.45, 7) is 4.61. The molecule has 122 valence electrons. The van der Waals surface area contributed by atoms with Crippen molar-refractivity contribution in [3.8, 4) is 0 Å². The van der Waals surface area contributed by atoms with Crippen molar-refractivity contribution in [3.05, 3.63) is 17.0 Å². The van der Waals surface area contributed by atoms with Crippen LogP contribution in [0.2, 0.25) is 0 Å². The van der Waals surface area contributed by atoms with Gasteiger partial charge in [-0.25, -0.2) is 16.8 Å². The highest BCUT2D eigenvalue weighted by molar-refractivity contribution is 7.91. The lowest BCUT2D eigenvalue weighted by molar-refractivity contribution is 0.486. The molecule has 0 saturated heterocycles. The van der Waals surface area contributed by atoms with Crippen molar-refractivity contribution < 1.29 is 16.8 Å². The number of hydrogen-bond acceptors (Lipinski definition) is 6. The van der Waals surface area contributed by atoms with Gasteiger partial charge in [0.1, 0.15) is 14.0 Å². The van der Waals surface area contributed by atoms with E-state index in [1.165, 1.54) is 18.4 Å². The van der Waals surface area contributed by atoms with E-state index in [0.717, 1.165) is 15.4 Å². The summed E-state index contributed by atoms with van der Waals surface area (Å²) in [5.74, 6) is -0.185. The number of thiophene rings is 1. The van der Waals surface area contributed by atoms with Gasteiger partial charge >= 0.3 is 0 Å². The van der Waals surface area contributed by atoms with Crippen LogP contribution in [0.15, 0.2) is 16.3 Å². The van der Waals surface area contributed by atoms with Crippen LogP contribution in [0.3, 0.4) is 0 Å². The lowest BCUT2D eigenvalue weighted by atomic mass is 10.4. The number of rotatable bonds is 8. The zero-order chi connectivity index (χ0) is 16.3. The Hall–Kier alpha value is -0.480. The smallest absolute Gasteiger partial charge is 0.252 e. The maximum atomic E-state index is 12.3. The highest BCUT2D eigenvalue weighted by atomic mass is 32.2. The van der Waals surface area contributed by atoms with Gasteiger partial charge in [-0.3, -0.25) is 0 Å². The van der Waals surface area contributed by atoms with E-state index in [0.29, 0.717) is 12.6 Å². The van der Waals surface area contributed by atoms with E-state index >= 15 is 0 Å². The molecule has 0 aliphatic carbocycles. The molecule has 0 saturated carbocycles. The van der Waals surface area contributed by atoms with Crippen LogP contribution >= 0.6 is 11.3 Å². The van der Waals surface area contributed by atoms with E-state index in [4.69, 9.17) is 0 Å². The molecule has 0 radical (unpaired) electrons. The zero-order valence-corrected chi connectivity index (χ0v) is 15.1. The van der Waals surface area contributed by atoms with Crippen LogP contribution in [0.25, 0.3) is 0 Å². The predicted octanol–water partition coefficient (Wildman–Crippen LogP) is 0.911. The first-order valence-corrected chi connectivity index (χ1v) is 10.8. The van der Waals surface area contributed by atoms with Gasteiger partial charge < -0.3 is 5.32 Å². The van der Waals surface area contributed by atoms with Crippen LogP contribution in [0, 0.1) is 0 Å². The number of hydrogen-bond donors (Lipinski definition) is 1. The molecular formula is C12H22N2O4S3. The van der Waals surface area contributed by atoms with E-state index < -0.39 is 19.9 Å². The minimum atomic E-state index is -3.62. The molecule has 1 rings (SSSR count). The topological polar surface area (TPSA) is 83.6 Å². The molecular weight excluding hydrogens is 332 g/mol. The average Bonchev–Trinajstić information content (AvgIpc) is 2.81. The van der Waals surface area contributed by atoms with Gasteiger partial charge in [-0.1, -0.05) is 13.8 Å². The van der Waals surface area contributed by atoms with Crippen molar-refractivity contribution in [3.63, 3.8) is 0 Å². The number of nitrogens with one attached hydrogen (secondary N) is 1. The summed E-state index contributed by atoms with van der Waals surface area (Å²) >= 11 is 1.20. The van der Waals surface area contributed by atoms with Crippen LogP contribution < -0.4 is 5.32 Å². The monoisotopic (exact) mass is 354 g/mol. The summed E-state index contributed by atoms with van der Waals surface area (Å²) in [5.41, 5.74) is 0. The number of sulfonamides is 1. The first kappa shape index (κ1) is 18.6. The minimum absolute atomic E-state index is 0.0430. The second-order valence-corrected chi connectivity index (χ2v) is 10.9. The van der Waals surface area contributed by atoms with Crippen LogP contribution in [0.1, 0.15) is 18.7 Å². The number of sulfone groups is 1. The third kappa shape index (κ3) is 6.03. The molecule has 9 heteroatoms. The fraction of sp³-hybridized carbons (Fsp3) is 0.667. The molecule has 0 bridgehead atoms. The first-order chi connectivity index (χ1) is 9.52. The van der Waals surface area contributed by atoms with Gasteiger partial charge in [0, 0.05) is 37.3 Å². The third-order valence-electron chi connectivity index (χ3n) is 2.76. The molecule has 1 heterocycles. The second-order valence-electron chi connectivity index (χ2n) is 5.21. The highest BCUT2D eigenvalue weighted by Crippen LogP contribution is 2.24. The Morgan fingerprint density at radius 1 is 1.24 bits per heavy atom. The summed E-state index contributed by atoms with van der Waals surface area (Å²) in [5, 5.41) is 3.22. The molecule has 0 aromatic carbocycles. The summed E-state index contributed by atoms with van der Waals surface area (Å²) < 4.78 is 48.2. The van der Waals surface area contributed by atoms with Gasteiger partial charge in [-0.2, -0.15) is 4.31 Å². The molecule has 0 spiro atoms. The molecule has 1 aromatic rings. The van der Waals surface area contributed by atoms with Gasteiger partial charge in [-0.05, 0) is 12.1 Å². The molecule has 21 heavy (non-hydrogen) atoms. The molecule has 1 N–H and O–H groups in total. The van der Waals surface area contributed by atoms with Crippen molar-refractivity contribution in [1.82, 2.24) is 9.62 Å². The first-order valence-electron chi connectivity index (χ1n) is 6.48. The Labute approximate surface area is 131 Å². The van der Waals surface area contributed by atoms with E-state index in [1.54, 1.807) is 12.1 Å². The molecule has 0 unspecified atom stereocenters. The highest BCUT2D eigenvalue weighted by Gasteiger charge is 2.23. The van der Waals surface area contributed by atoms with Crippen LogP contribution in [-0.4, -0.2) is 52.8 Å². The quantitative estimate of drug-likeness (QED) is 0.750. The predicted molar refractivity (Wildman–Crippen MR) is 85.8 cm³/mol. The van der Waals surface area contributed by atoms with Gasteiger partial charge in [-0.15, -0.1) is 11.3 Å². The zero-order valence-electron chi connectivity index (χ0n) is 12.7. The van der Waals surface area contributed by atoms with Crippen molar-refractivity contribution in [2.45, 2.75) is 30.6 Å². The fourth-order valence-electron chi connectivity index (χ4n) is 1.46. The molecule has 0 amide bonds. The molecule has 6 nitrogen and oxygen atoms in total. The Morgan fingerprint density at radius 2 is 1.86 bits per heavy atom. The summed E-state index contributed by atoms with van der Waals surface area (Å²) in [6.07, 6.45) is 1.09. The van der Waals surface area contributed by atoms with Crippen LogP contribution in [-0.2, 0) is 26.4 Å². The van der Waals surface area contributed by atoms with Gasteiger partial charge in [0.25, 0.3) is 10.0 Å².